The molecule has 0 unspecified atom stereocenters. The first kappa shape index (κ1) is 20.6. The minimum Gasteiger partial charge on any atom is -0.306 e. The fraction of sp³-hybridized carbons (Fsp3) is 0.391. The third-order valence-electron chi connectivity index (χ3n) is 6.08. The van der Waals surface area contributed by atoms with Crippen molar-refractivity contribution in [3.8, 4) is 22.4 Å². The summed E-state index contributed by atoms with van der Waals surface area (Å²) in [6.07, 6.45) is 3.43. The molecule has 1 aliphatic carbocycles. The summed E-state index contributed by atoms with van der Waals surface area (Å²) in [5.41, 5.74) is 3.69. The van der Waals surface area contributed by atoms with Crippen LogP contribution < -0.4 is 0 Å². The summed E-state index contributed by atoms with van der Waals surface area (Å²) < 4.78 is 38.9. The molecule has 1 saturated carbocycles. The maximum atomic E-state index is 13.0. The van der Waals surface area contributed by atoms with E-state index in [-0.39, 0.29) is 0 Å². The number of aromatic nitrogens is 3. The van der Waals surface area contributed by atoms with Crippen LogP contribution in [0.4, 0.5) is 13.2 Å². The van der Waals surface area contributed by atoms with E-state index in [1.54, 1.807) is 12.4 Å². The molecule has 3 aromatic rings. The molecule has 0 bridgehead atoms. The Morgan fingerprint density at radius 1 is 0.900 bits per heavy atom. The first-order valence-electron chi connectivity index (χ1n) is 10.2. The van der Waals surface area contributed by atoms with E-state index in [9.17, 15) is 13.2 Å². The maximum absolute atomic E-state index is 13.0. The van der Waals surface area contributed by atoms with E-state index in [0.29, 0.717) is 23.2 Å². The Kier molecular flexibility index (Phi) is 5.64. The molecule has 0 radical (unpaired) electrons. The first-order valence-corrected chi connectivity index (χ1v) is 10.2. The summed E-state index contributed by atoms with van der Waals surface area (Å²) in [5, 5.41) is 7.77. The number of hydrogen-bond acceptors (Lipinski definition) is 3. The van der Waals surface area contributed by atoms with Crippen LogP contribution in [0.5, 0.6) is 0 Å². The van der Waals surface area contributed by atoms with Crippen molar-refractivity contribution in [1.82, 2.24) is 20.1 Å². The van der Waals surface area contributed by atoms with E-state index in [4.69, 9.17) is 0 Å². The van der Waals surface area contributed by atoms with E-state index >= 15 is 0 Å². The standard InChI is InChI=1S/C23H25F3N4/c1-30(2)19-9-5-17(6-10-19)22-20(15-11-13-27-14-12-15)21(28-29-22)16-3-7-18(8-4-16)23(24,25)26/h3-4,7-8,11-14,17,19H,5-6,9-10H2,1-2H3,(H,28,29)/t17-,19+. The summed E-state index contributed by atoms with van der Waals surface area (Å²) in [4.78, 5) is 6.39. The second-order valence-electron chi connectivity index (χ2n) is 8.14. The smallest absolute Gasteiger partial charge is 0.306 e. The summed E-state index contributed by atoms with van der Waals surface area (Å²) in [6, 6.07) is 9.65. The highest BCUT2D eigenvalue weighted by Crippen LogP contribution is 2.42. The van der Waals surface area contributed by atoms with Crippen molar-refractivity contribution in [2.75, 3.05) is 14.1 Å². The van der Waals surface area contributed by atoms with E-state index < -0.39 is 11.7 Å². The minimum atomic E-state index is -4.35. The number of halogens is 3. The molecule has 7 heteroatoms. The Labute approximate surface area is 174 Å². The van der Waals surface area contributed by atoms with E-state index in [1.165, 1.54) is 12.1 Å². The van der Waals surface area contributed by atoms with Gasteiger partial charge < -0.3 is 4.90 Å². The van der Waals surface area contributed by atoms with Crippen LogP contribution in [0, 0.1) is 0 Å². The van der Waals surface area contributed by atoms with Gasteiger partial charge in [0.1, 0.15) is 5.69 Å². The summed E-state index contributed by atoms with van der Waals surface area (Å²) in [7, 11) is 4.23. The fourth-order valence-electron chi connectivity index (χ4n) is 4.37. The molecule has 0 atom stereocenters. The molecular weight excluding hydrogens is 389 g/mol. The van der Waals surface area contributed by atoms with Crippen LogP contribution in [0.1, 0.15) is 42.9 Å². The van der Waals surface area contributed by atoms with E-state index in [1.807, 2.05) is 12.1 Å². The quantitative estimate of drug-likeness (QED) is 0.592. The molecule has 1 aromatic carbocycles. The number of nitrogens with one attached hydrogen (secondary N) is 1. The molecule has 1 N–H and O–H groups in total. The number of aromatic amines is 1. The van der Waals surface area contributed by atoms with Crippen LogP contribution in [0.25, 0.3) is 22.4 Å². The van der Waals surface area contributed by atoms with Gasteiger partial charge in [-0.25, -0.2) is 0 Å². The molecule has 4 rings (SSSR count). The van der Waals surface area contributed by atoms with Gasteiger partial charge in [0.25, 0.3) is 0 Å². The topological polar surface area (TPSA) is 44.8 Å². The highest BCUT2D eigenvalue weighted by molar-refractivity contribution is 5.83. The van der Waals surface area contributed by atoms with Crippen LogP contribution in [-0.4, -0.2) is 40.2 Å². The Morgan fingerprint density at radius 2 is 1.53 bits per heavy atom. The van der Waals surface area contributed by atoms with Gasteiger partial charge in [-0.1, -0.05) is 12.1 Å². The number of alkyl halides is 3. The molecule has 1 fully saturated rings. The lowest BCUT2D eigenvalue weighted by atomic mass is 9.81. The Hall–Kier alpha value is -2.67. The van der Waals surface area contributed by atoms with Gasteiger partial charge in [0.15, 0.2) is 0 Å². The van der Waals surface area contributed by atoms with E-state index in [0.717, 1.165) is 54.6 Å². The summed E-state index contributed by atoms with van der Waals surface area (Å²) in [6.45, 7) is 0. The van der Waals surface area contributed by atoms with Gasteiger partial charge in [0.2, 0.25) is 0 Å². The molecule has 0 amide bonds. The minimum absolute atomic E-state index is 0.347. The number of pyridine rings is 1. The first-order chi connectivity index (χ1) is 14.3. The number of benzene rings is 1. The van der Waals surface area contributed by atoms with E-state index in [2.05, 4.69) is 34.2 Å². The number of rotatable bonds is 4. The lowest BCUT2D eigenvalue weighted by Gasteiger charge is -2.32. The molecule has 0 saturated heterocycles. The lowest BCUT2D eigenvalue weighted by Crippen LogP contribution is -2.31. The van der Waals surface area contributed by atoms with Crippen molar-refractivity contribution in [3.05, 3.63) is 60.0 Å². The summed E-state index contributed by atoms with van der Waals surface area (Å²) >= 11 is 0. The molecule has 30 heavy (non-hydrogen) atoms. The fourth-order valence-corrected chi connectivity index (χ4v) is 4.37. The molecule has 0 spiro atoms. The highest BCUT2D eigenvalue weighted by Gasteiger charge is 2.31. The zero-order valence-corrected chi connectivity index (χ0v) is 17.1. The van der Waals surface area contributed by atoms with Crippen molar-refractivity contribution in [1.29, 1.82) is 0 Å². The lowest BCUT2D eigenvalue weighted by molar-refractivity contribution is -0.137. The van der Waals surface area contributed by atoms with Crippen molar-refractivity contribution >= 4 is 0 Å². The van der Waals surface area contributed by atoms with Crippen LogP contribution in [0.2, 0.25) is 0 Å². The highest BCUT2D eigenvalue weighted by atomic mass is 19.4. The second-order valence-corrected chi connectivity index (χ2v) is 8.14. The third-order valence-corrected chi connectivity index (χ3v) is 6.08. The average Bonchev–Trinajstić information content (AvgIpc) is 3.19. The third kappa shape index (κ3) is 4.12. The zero-order chi connectivity index (χ0) is 21.3. The predicted octanol–water partition coefficient (Wildman–Crippen LogP) is 5.75. The molecule has 2 heterocycles. The molecular formula is C23H25F3N4. The van der Waals surface area contributed by atoms with Crippen LogP contribution in [-0.2, 0) is 6.18 Å². The molecule has 158 valence electrons. The Balaban J connectivity index is 1.72. The number of nitrogens with zero attached hydrogens (tertiary/aromatic N) is 3. The molecule has 0 aliphatic heterocycles. The predicted molar refractivity (Wildman–Crippen MR) is 111 cm³/mol. The van der Waals surface area contributed by atoms with Gasteiger partial charge in [-0.2, -0.15) is 18.3 Å². The van der Waals surface area contributed by atoms with Gasteiger partial charge in [0.05, 0.1) is 5.56 Å². The Morgan fingerprint density at radius 3 is 2.10 bits per heavy atom. The number of H-pyrrole nitrogens is 1. The van der Waals surface area contributed by atoms with Gasteiger partial charge in [-0.3, -0.25) is 10.1 Å². The van der Waals surface area contributed by atoms with Crippen molar-refractivity contribution in [3.63, 3.8) is 0 Å². The van der Waals surface area contributed by atoms with Gasteiger partial charge in [-0.15, -0.1) is 0 Å². The van der Waals surface area contributed by atoms with Crippen LogP contribution >= 0.6 is 0 Å². The normalized spacial score (nSPS) is 19.9. The van der Waals surface area contributed by atoms with Gasteiger partial charge >= 0.3 is 6.18 Å². The molecule has 2 aromatic heterocycles. The van der Waals surface area contributed by atoms with Crippen LogP contribution in [0.3, 0.4) is 0 Å². The van der Waals surface area contributed by atoms with Gasteiger partial charge in [-0.05, 0) is 69.6 Å². The van der Waals surface area contributed by atoms with Crippen molar-refractivity contribution < 1.29 is 13.2 Å². The largest absolute Gasteiger partial charge is 0.416 e. The SMILES string of the molecule is CN(C)[C@H]1CC[C@@H](c2[nH]nc(-c3ccc(C(F)(F)F)cc3)c2-c2ccncc2)CC1. The average molecular weight is 414 g/mol. The summed E-state index contributed by atoms with van der Waals surface area (Å²) in [5.74, 6) is 0.347. The number of hydrogen-bond donors (Lipinski definition) is 1. The van der Waals surface area contributed by atoms with Gasteiger partial charge in [0, 0.05) is 41.2 Å². The molecule has 1 aliphatic rings. The van der Waals surface area contributed by atoms with Crippen molar-refractivity contribution in [2.45, 2.75) is 43.8 Å². The van der Waals surface area contributed by atoms with Crippen molar-refractivity contribution in [2.24, 2.45) is 0 Å². The zero-order valence-electron chi connectivity index (χ0n) is 17.1. The second kappa shape index (κ2) is 8.22. The Bertz CT molecular complexity index is 970. The van der Waals surface area contributed by atoms with Crippen LogP contribution in [0.15, 0.2) is 48.8 Å². The maximum Gasteiger partial charge on any atom is 0.416 e. The monoisotopic (exact) mass is 414 g/mol. The molecule has 4 nitrogen and oxygen atoms in total.